The number of hydrogen-bond acceptors (Lipinski definition) is 7. The summed E-state index contributed by atoms with van der Waals surface area (Å²) in [6, 6.07) is 8.76. The molecule has 0 unspecified atom stereocenters. The first kappa shape index (κ1) is 19.5. The Morgan fingerprint density at radius 2 is 2.04 bits per heavy atom. The number of ether oxygens (including phenoxy) is 2. The molecule has 0 N–H and O–H groups in total. The van der Waals surface area contributed by atoms with Crippen molar-refractivity contribution >= 4 is 33.7 Å². The van der Waals surface area contributed by atoms with E-state index in [9.17, 15) is 9.59 Å². The molecule has 8 heteroatoms. The van der Waals surface area contributed by atoms with Crippen LogP contribution >= 0.6 is 21.6 Å². The van der Waals surface area contributed by atoms with E-state index < -0.39 is 18.1 Å². The fourth-order valence-electron chi connectivity index (χ4n) is 2.54. The second-order valence-electron chi connectivity index (χ2n) is 5.59. The second-order valence-corrected chi connectivity index (χ2v) is 8.36. The molecule has 0 bridgehead atoms. The van der Waals surface area contributed by atoms with E-state index in [1.807, 2.05) is 37.4 Å². The van der Waals surface area contributed by atoms with Gasteiger partial charge in [0.05, 0.1) is 0 Å². The zero-order valence-electron chi connectivity index (χ0n) is 14.1. The summed E-state index contributed by atoms with van der Waals surface area (Å²) in [5.41, 5.74) is 2.02. The minimum Gasteiger partial charge on any atom is -0.449 e. The smallest absolute Gasteiger partial charge is 0.410 e. The number of rotatable bonds is 6. The van der Waals surface area contributed by atoms with Crippen molar-refractivity contribution in [3.63, 3.8) is 0 Å². The van der Waals surface area contributed by atoms with Crippen molar-refractivity contribution in [1.29, 1.82) is 5.26 Å². The number of hydrogen-bond donors (Lipinski definition) is 0. The van der Waals surface area contributed by atoms with Crippen molar-refractivity contribution in [3.8, 4) is 6.07 Å². The van der Waals surface area contributed by atoms with Crippen LogP contribution in [0.1, 0.15) is 17.5 Å². The van der Waals surface area contributed by atoms with E-state index in [1.54, 1.807) is 27.7 Å². The highest BCUT2D eigenvalue weighted by Crippen LogP contribution is 2.34. The predicted octanol–water partition coefficient (Wildman–Crippen LogP) is 3.15. The monoisotopic (exact) mass is 380 g/mol. The lowest BCUT2D eigenvalue weighted by Crippen LogP contribution is -2.41. The fraction of sp³-hybridized carbons (Fsp3) is 0.471. The van der Waals surface area contributed by atoms with Crippen LogP contribution in [0.3, 0.4) is 0 Å². The van der Waals surface area contributed by atoms with E-state index in [0.717, 1.165) is 11.1 Å². The zero-order valence-corrected chi connectivity index (χ0v) is 15.8. The minimum atomic E-state index is -0.705. The Morgan fingerprint density at radius 1 is 1.32 bits per heavy atom. The van der Waals surface area contributed by atoms with Crippen LogP contribution in [-0.2, 0) is 20.9 Å². The molecule has 1 aromatic rings. The molecule has 1 aromatic carbocycles. The lowest BCUT2D eigenvalue weighted by Gasteiger charge is -2.22. The molecule has 2 rings (SSSR count). The van der Waals surface area contributed by atoms with E-state index in [2.05, 4.69) is 0 Å². The molecule has 25 heavy (non-hydrogen) atoms. The van der Waals surface area contributed by atoms with Crippen LogP contribution in [0.4, 0.5) is 4.79 Å². The molecule has 0 saturated carbocycles. The highest BCUT2D eigenvalue weighted by molar-refractivity contribution is 8.76. The number of likely N-dealkylation sites (tertiary alicyclic amines) is 1. The number of carbonyl (C=O) groups excluding carboxylic acids is 2. The lowest BCUT2D eigenvalue weighted by atomic mass is 10.2. The third kappa shape index (κ3) is 5.58. The van der Waals surface area contributed by atoms with E-state index in [-0.39, 0.29) is 18.5 Å². The third-order valence-corrected chi connectivity index (χ3v) is 5.96. The lowest BCUT2D eigenvalue weighted by molar-refractivity contribution is -0.147. The molecule has 0 spiro atoms. The van der Waals surface area contributed by atoms with Gasteiger partial charge >= 0.3 is 12.1 Å². The molecular weight excluding hydrogens is 360 g/mol. The van der Waals surface area contributed by atoms with Crippen LogP contribution in [0.15, 0.2) is 24.3 Å². The fourth-order valence-corrected chi connectivity index (χ4v) is 4.53. The summed E-state index contributed by atoms with van der Waals surface area (Å²) in [4.78, 5) is 26.0. The predicted molar refractivity (Wildman–Crippen MR) is 97.9 cm³/mol. The van der Waals surface area contributed by atoms with E-state index in [0.29, 0.717) is 13.0 Å². The normalized spacial score (nSPS) is 19.3. The molecule has 134 valence electrons. The number of amides is 1. The molecule has 1 amide bonds. The number of esters is 1. The number of benzene rings is 1. The van der Waals surface area contributed by atoms with E-state index >= 15 is 0 Å². The Labute approximate surface area is 155 Å². The molecule has 1 aliphatic heterocycles. The van der Waals surface area contributed by atoms with Gasteiger partial charge in [0.1, 0.15) is 18.7 Å². The highest BCUT2D eigenvalue weighted by Gasteiger charge is 2.41. The van der Waals surface area contributed by atoms with E-state index in [1.165, 1.54) is 4.90 Å². The summed E-state index contributed by atoms with van der Waals surface area (Å²) in [6.45, 7) is 2.24. The van der Waals surface area contributed by atoms with Gasteiger partial charge in [-0.25, -0.2) is 9.59 Å². The Kier molecular flexibility index (Phi) is 7.47. The topological polar surface area (TPSA) is 79.6 Å². The summed E-state index contributed by atoms with van der Waals surface area (Å²) in [5, 5.41) is 8.69. The molecule has 0 aliphatic carbocycles. The van der Waals surface area contributed by atoms with Crippen LogP contribution in [0.25, 0.3) is 0 Å². The maximum Gasteiger partial charge on any atom is 0.410 e. The largest absolute Gasteiger partial charge is 0.449 e. The Bertz CT molecular complexity index is 645. The second kappa shape index (κ2) is 9.59. The van der Waals surface area contributed by atoms with Gasteiger partial charge in [0.2, 0.25) is 0 Å². The van der Waals surface area contributed by atoms with Gasteiger partial charge in [0, 0.05) is 11.8 Å². The van der Waals surface area contributed by atoms with Crippen LogP contribution in [0.5, 0.6) is 0 Å². The molecule has 1 aliphatic rings. The summed E-state index contributed by atoms with van der Waals surface area (Å²) in [6.07, 6.45) is 1.91. The number of carbonyl (C=O) groups is 2. The minimum absolute atomic E-state index is 0.126. The quantitative estimate of drug-likeness (QED) is 0.554. The summed E-state index contributed by atoms with van der Waals surface area (Å²) in [7, 11) is 3.20. The van der Waals surface area contributed by atoms with Crippen molar-refractivity contribution < 1.29 is 19.1 Å². The summed E-state index contributed by atoms with van der Waals surface area (Å²) >= 11 is 0. The molecule has 6 nitrogen and oxygen atoms in total. The summed E-state index contributed by atoms with van der Waals surface area (Å²) in [5.74, 6) is -0.557. The van der Waals surface area contributed by atoms with Gasteiger partial charge in [0.15, 0.2) is 6.61 Å². The zero-order chi connectivity index (χ0) is 18.2. The molecule has 1 fully saturated rings. The Hall–Kier alpha value is -1.85. The van der Waals surface area contributed by atoms with Gasteiger partial charge in [0.25, 0.3) is 0 Å². The first-order chi connectivity index (χ1) is 12.0. The third-order valence-electron chi connectivity index (χ3n) is 3.76. The van der Waals surface area contributed by atoms with Crippen molar-refractivity contribution in [2.45, 2.75) is 31.2 Å². The number of nitrogens with zero attached hydrogens (tertiary/aromatic N) is 2. The molecule has 1 saturated heterocycles. The van der Waals surface area contributed by atoms with Crippen molar-refractivity contribution in [3.05, 3.63) is 35.4 Å². The Balaban J connectivity index is 1.99. The highest BCUT2D eigenvalue weighted by atomic mass is 33.1. The van der Waals surface area contributed by atoms with Gasteiger partial charge in [-0.05, 0) is 25.2 Å². The molecule has 1 heterocycles. The van der Waals surface area contributed by atoms with Crippen LogP contribution < -0.4 is 0 Å². The molecular formula is C17H20N2O4S2. The van der Waals surface area contributed by atoms with Gasteiger partial charge < -0.3 is 9.47 Å². The SMILES string of the molecule is CSS[C@@H]1C[C@@H](C(=O)OCC#N)N(C(=O)OCc2ccc(C)cc2)C1. The maximum atomic E-state index is 12.4. The van der Waals surface area contributed by atoms with Gasteiger partial charge in [-0.2, -0.15) is 5.26 Å². The van der Waals surface area contributed by atoms with Crippen LogP contribution in [-0.4, -0.2) is 47.7 Å². The van der Waals surface area contributed by atoms with Crippen LogP contribution in [0, 0.1) is 18.3 Å². The molecule has 2 atom stereocenters. The van der Waals surface area contributed by atoms with Crippen molar-refractivity contribution in [2.75, 3.05) is 19.4 Å². The summed E-state index contributed by atoms with van der Waals surface area (Å²) < 4.78 is 10.3. The molecule has 0 radical (unpaired) electrons. The number of aryl methyl sites for hydroxylation is 1. The first-order valence-corrected chi connectivity index (χ1v) is 10.4. The maximum absolute atomic E-state index is 12.4. The number of nitriles is 1. The van der Waals surface area contributed by atoms with Crippen molar-refractivity contribution in [2.24, 2.45) is 0 Å². The van der Waals surface area contributed by atoms with Gasteiger partial charge in [-0.3, -0.25) is 4.90 Å². The van der Waals surface area contributed by atoms with E-state index in [4.69, 9.17) is 14.7 Å². The first-order valence-electron chi connectivity index (χ1n) is 7.77. The van der Waals surface area contributed by atoms with Gasteiger partial charge in [-0.15, -0.1) is 0 Å². The van der Waals surface area contributed by atoms with Crippen molar-refractivity contribution in [1.82, 2.24) is 4.90 Å². The Morgan fingerprint density at radius 3 is 2.68 bits per heavy atom. The molecule has 0 aromatic heterocycles. The van der Waals surface area contributed by atoms with Crippen LogP contribution in [0.2, 0.25) is 0 Å². The average molecular weight is 380 g/mol. The average Bonchev–Trinajstić information content (AvgIpc) is 3.03. The standard InChI is InChI=1S/C17H20N2O4S2/c1-12-3-5-13(6-4-12)11-23-17(21)19-10-14(25-24-2)9-15(19)16(20)22-8-7-18/h3-6,14-15H,8-11H2,1-2H3/t14-,15+/m1/s1. The van der Waals surface area contributed by atoms with Gasteiger partial charge in [-0.1, -0.05) is 51.4 Å².